The Morgan fingerprint density at radius 2 is 1.61 bits per heavy atom. The maximum Gasteiger partial charge on any atom is 0.263 e. The average Bonchev–Trinajstić information content (AvgIpc) is 2.63. The van der Waals surface area contributed by atoms with Crippen LogP contribution in [0.5, 0.6) is 5.75 Å². The molecule has 3 rings (SSSR count). The Kier molecular flexibility index (Phi) is 4.93. The summed E-state index contributed by atoms with van der Waals surface area (Å²) >= 11 is 0. The Labute approximate surface area is 137 Å². The van der Waals surface area contributed by atoms with Gasteiger partial charge in [0.25, 0.3) is 5.91 Å². The molecule has 0 radical (unpaired) electrons. The van der Waals surface area contributed by atoms with Gasteiger partial charge >= 0.3 is 0 Å². The molecule has 1 fully saturated rings. The van der Waals surface area contributed by atoms with Crippen molar-refractivity contribution in [3.05, 3.63) is 54.6 Å². The largest absolute Gasteiger partial charge is 0.481 e. The summed E-state index contributed by atoms with van der Waals surface area (Å²) in [4.78, 5) is 14.2. The molecule has 1 saturated heterocycles. The number of nitrogens with one attached hydrogen (secondary N) is 1. The fourth-order valence-electron chi connectivity index (χ4n) is 2.75. The summed E-state index contributed by atoms with van der Waals surface area (Å²) < 4.78 is 5.81. The third-order valence-corrected chi connectivity index (χ3v) is 4.05. The molecule has 0 aromatic heterocycles. The quantitative estimate of drug-likeness (QED) is 0.943. The minimum absolute atomic E-state index is 0.0543. The Hall–Kier alpha value is -2.33. The number of carbonyl (C=O) groups excluding carboxylic acids is 1. The Morgan fingerprint density at radius 1 is 1.00 bits per heavy atom. The Balaban J connectivity index is 1.62. The molecule has 2 aromatic carbocycles. The van der Waals surface area contributed by atoms with Crippen molar-refractivity contribution in [3.8, 4) is 16.9 Å². The van der Waals surface area contributed by atoms with Crippen molar-refractivity contribution in [1.29, 1.82) is 0 Å². The van der Waals surface area contributed by atoms with Crippen LogP contribution in [0.1, 0.15) is 6.92 Å². The second-order valence-electron chi connectivity index (χ2n) is 5.73. The van der Waals surface area contributed by atoms with Gasteiger partial charge in [0.1, 0.15) is 5.75 Å². The van der Waals surface area contributed by atoms with Gasteiger partial charge in [0.05, 0.1) is 0 Å². The summed E-state index contributed by atoms with van der Waals surface area (Å²) in [6.45, 7) is 5.02. The number of carbonyl (C=O) groups is 1. The van der Waals surface area contributed by atoms with E-state index < -0.39 is 6.10 Å². The van der Waals surface area contributed by atoms with Gasteiger partial charge in [-0.2, -0.15) is 0 Å². The van der Waals surface area contributed by atoms with Crippen LogP contribution in [-0.4, -0.2) is 43.1 Å². The number of hydrogen-bond donors (Lipinski definition) is 1. The molecule has 1 unspecified atom stereocenters. The molecular formula is C19H22N2O2. The summed E-state index contributed by atoms with van der Waals surface area (Å²) in [6.07, 6.45) is -0.462. The zero-order valence-corrected chi connectivity index (χ0v) is 13.4. The van der Waals surface area contributed by atoms with Gasteiger partial charge in [-0.15, -0.1) is 0 Å². The molecule has 1 atom stereocenters. The number of benzene rings is 2. The van der Waals surface area contributed by atoms with Gasteiger partial charge in [-0.05, 0) is 30.2 Å². The molecular weight excluding hydrogens is 288 g/mol. The van der Waals surface area contributed by atoms with Crippen LogP contribution in [0.15, 0.2) is 54.6 Å². The van der Waals surface area contributed by atoms with Crippen LogP contribution in [0.3, 0.4) is 0 Å². The topological polar surface area (TPSA) is 41.6 Å². The normalized spacial score (nSPS) is 16.0. The monoisotopic (exact) mass is 310 g/mol. The van der Waals surface area contributed by atoms with Crippen molar-refractivity contribution >= 4 is 5.91 Å². The zero-order chi connectivity index (χ0) is 16.1. The summed E-state index contributed by atoms with van der Waals surface area (Å²) in [5.74, 6) is 0.777. The lowest BCUT2D eigenvalue weighted by Gasteiger charge is -2.29. The first-order valence-electron chi connectivity index (χ1n) is 8.06. The van der Waals surface area contributed by atoms with Crippen molar-refractivity contribution in [2.45, 2.75) is 13.0 Å². The van der Waals surface area contributed by atoms with Gasteiger partial charge in [-0.1, -0.05) is 42.5 Å². The van der Waals surface area contributed by atoms with E-state index in [-0.39, 0.29) is 5.91 Å². The molecule has 23 heavy (non-hydrogen) atoms. The first-order chi connectivity index (χ1) is 11.2. The van der Waals surface area contributed by atoms with Crippen molar-refractivity contribution < 1.29 is 9.53 Å². The number of ether oxygens (including phenoxy) is 1. The minimum atomic E-state index is -0.462. The van der Waals surface area contributed by atoms with E-state index in [1.807, 2.05) is 54.3 Å². The van der Waals surface area contributed by atoms with Crippen molar-refractivity contribution in [1.82, 2.24) is 10.2 Å². The molecule has 1 aliphatic rings. The lowest BCUT2D eigenvalue weighted by atomic mass is 10.1. The highest BCUT2D eigenvalue weighted by Crippen LogP contribution is 2.22. The van der Waals surface area contributed by atoms with Gasteiger partial charge in [0.2, 0.25) is 0 Å². The first-order valence-corrected chi connectivity index (χ1v) is 8.06. The number of piperazine rings is 1. The maximum absolute atomic E-state index is 12.4. The van der Waals surface area contributed by atoms with E-state index in [9.17, 15) is 4.79 Å². The predicted octanol–water partition coefficient (Wildman–Crippen LogP) is 2.55. The lowest BCUT2D eigenvalue weighted by molar-refractivity contribution is -0.138. The van der Waals surface area contributed by atoms with Crippen molar-refractivity contribution in [2.24, 2.45) is 0 Å². The number of hydrogen-bond acceptors (Lipinski definition) is 3. The van der Waals surface area contributed by atoms with Gasteiger partial charge in [-0.25, -0.2) is 0 Å². The molecule has 0 saturated carbocycles. The third-order valence-electron chi connectivity index (χ3n) is 4.05. The van der Waals surface area contributed by atoms with Crippen LogP contribution in [0.2, 0.25) is 0 Å². The van der Waals surface area contributed by atoms with Crippen LogP contribution in [-0.2, 0) is 4.79 Å². The summed E-state index contributed by atoms with van der Waals surface area (Å²) in [5, 5.41) is 3.25. The highest BCUT2D eigenvalue weighted by Gasteiger charge is 2.23. The smallest absolute Gasteiger partial charge is 0.263 e. The predicted molar refractivity (Wildman–Crippen MR) is 91.4 cm³/mol. The summed E-state index contributed by atoms with van der Waals surface area (Å²) in [5.41, 5.74) is 2.31. The number of rotatable bonds is 4. The van der Waals surface area contributed by atoms with Crippen LogP contribution in [0.4, 0.5) is 0 Å². The SMILES string of the molecule is CC(Oc1ccc(-c2ccccc2)cc1)C(=O)N1CCNCC1. The first kappa shape index (κ1) is 15.6. The van der Waals surface area contributed by atoms with E-state index in [1.165, 1.54) is 5.56 Å². The van der Waals surface area contributed by atoms with Crippen molar-refractivity contribution in [3.63, 3.8) is 0 Å². The molecule has 2 aromatic rings. The van der Waals surface area contributed by atoms with Gasteiger partial charge in [-0.3, -0.25) is 4.79 Å². The Bertz CT molecular complexity index is 634. The lowest BCUT2D eigenvalue weighted by Crippen LogP contribution is -2.50. The molecule has 1 amide bonds. The molecule has 4 heteroatoms. The minimum Gasteiger partial charge on any atom is -0.481 e. The number of amides is 1. The van der Waals surface area contributed by atoms with Crippen molar-refractivity contribution in [2.75, 3.05) is 26.2 Å². The zero-order valence-electron chi connectivity index (χ0n) is 13.4. The van der Waals surface area contributed by atoms with Crippen LogP contribution < -0.4 is 10.1 Å². The van der Waals surface area contributed by atoms with E-state index in [0.29, 0.717) is 0 Å². The van der Waals surface area contributed by atoms with Gasteiger partial charge in [0.15, 0.2) is 6.10 Å². The third kappa shape index (κ3) is 3.90. The second-order valence-corrected chi connectivity index (χ2v) is 5.73. The van der Waals surface area contributed by atoms with Crippen LogP contribution in [0.25, 0.3) is 11.1 Å². The highest BCUT2D eigenvalue weighted by molar-refractivity contribution is 5.81. The second kappa shape index (κ2) is 7.29. The molecule has 1 heterocycles. The fraction of sp³-hybridized carbons (Fsp3) is 0.316. The molecule has 1 aliphatic heterocycles. The standard InChI is InChI=1S/C19H22N2O2/c1-15(19(22)21-13-11-20-12-14-21)23-18-9-7-17(8-10-18)16-5-3-2-4-6-16/h2-10,15,20H,11-14H2,1H3. The average molecular weight is 310 g/mol. The fourth-order valence-corrected chi connectivity index (χ4v) is 2.75. The summed E-state index contributed by atoms with van der Waals surface area (Å²) in [7, 11) is 0. The summed E-state index contributed by atoms with van der Waals surface area (Å²) in [6, 6.07) is 18.1. The molecule has 0 spiro atoms. The van der Waals surface area contributed by atoms with Crippen LogP contribution >= 0.6 is 0 Å². The molecule has 1 N–H and O–H groups in total. The Morgan fingerprint density at radius 3 is 2.26 bits per heavy atom. The maximum atomic E-state index is 12.4. The van der Waals surface area contributed by atoms with E-state index in [4.69, 9.17) is 4.74 Å². The highest BCUT2D eigenvalue weighted by atomic mass is 16.5. The van der Waals surface area contributed by atoms with E-state index >= 15 is 0 Å². The van der Waals surface area contributed by atoms with E-state index in [1.54, 1.807) is 0 Å². The molecule has 0 bridgehead atoms. The van der Waals surface area contributed by atoms with Gasteiger partial charge < -0.3 is 15.0 Å². The molecule has 0 aliphatic carbocycles. The molecule has 4 nitrogen and oxygen atoms in total. The molecule has 120 valence electrons. The van der Waals surface area contributed by atoms with E-state index in [0.717, 1.165) is 37.5 Å². The van der Waals surface area contributed by atoms with Crippen LogP contribution in [0, 0.1) is 0 Å². The number of nitrogens with zero attached hydrogens (tertiary/aromatic N) is 1. The van der Waals surface area contributed by atoms with Gasteiger partial charge in [0, 0.05) is 26.2 Å². The van der Waals surface area contributed by atoms with E-state index in [2.05, 4.69) is 17.4 Å².